The Morgan fingerprint density at radius 3 is 2.62 bits per heavy atom. The quantitative estimate of drug-likeness (QED) is 0.644. The monoisotopic (exact) mass is 368 g/mol. The number of carbonyl (C=O) groups excluding carboxylic acids is 1. The standard InChI is InChI=1S/C23H38N2O/c1-8-9-10-25(17(5)11-15(2)3)18(6)13-20-19(7)16(4)12-22-21(20)14-23(26)24-22/h12,15,17-18H,8-11,13-14H2,1-7H3,(H,24,26)/i8D2,9D2,10D2,11D2,15D,17D. The SMILES string of the molecule is [2H]C([2H])(C)C([2H])([2H])C([2H])([2H])N(C(C)Cc1c(C)c(C)cc2c1CC(=O)N2)C([2H])(C)C([2H])([2H])C([2H])(C)C. The van der Waals surface area contributed by atoms with Crippen LogP contribution in [0.5, 0.6) is 0 Å². The van der Waals surface area contributed by atoms with Crippen molar-refractivity contribution >= 4 is 11.6 Å². The maximum atomic E-state index is 12.1. The first kappa shape index (κ1) is 10.8. The van der Waals surface area contributed by atoms with E-state index in [0.29, 0.717) is 5.69 Å². The summed E-state index contributed by atoms with van der Waals surface area (Å²) in [6.07, 6.45) is -8.33. The van der Waals surface area contributed by atoms with E-state index in [1.165, 1.54) is 20.8 Å². The summed E-state index contributed by atoms with van der Waals surface area (Å²) in [6, 6.07) is -1.66. The third kappa shape index (κ3) is 4.88. The lowest BCUT2D eigenvalue weighted by Crippen LogP contribution is -2.42. The summed E-state index contributed by atoms with van der Waals surface area (Å²) in [5.41, 5.74) is 3.81. The van der Waals surface area contributed by atoms with Crippen molar-refractivity contribution in [2.24, 2.45) is 5.89 Å². The van der Waals surface area contributed by atoms with Gasteiger partial charge in [-0.2, -0.15) is 0 Å². The van der Waals surface area contributed by atoms with Gasteiger partial charge in [-0.25, -0.2) is 0 Å². The van der Waals surface area contributed by atoms with Crippen molar-refractivity contribution in [1.29, 1.82) is 0 Å². The zero-order valence-electron chi connectivity index (χ0n) is 26.9. The molecule has 1 amide bonds. The van der Waals surface area contributed by atoms with Crippen LogP contribution in [0.1, 0.15) is 89.7 Å². The van der Waals surface area contributed by atoms with Crippen molar-refractivity contribution in [3.8, 4) is 0 Å². The number of fused-ring (bicyclic) bond motifs is 1. The predicted molar refractivity (Wildman–Crippen MR) is 112 cm³/mol. The van der Waals surface area contributed by atoms with Gasteiger partial charge in [-0.15, -0.1) is 0 Å². The molecule has 3 nitrogen and oxygen atoms in total. The number of amides is 1. The van der Waals surface area contributed by atoms with Crippen LogP contribution >= 0.6 is 0 Å². The van der Waals surface area contributed by atoms with Gasteiger partial charge in [0.15, 0.2) is 0 Å². The van der Waals surface area contributed by atoms with Crippen molar-refractivity contribution in [2.75, 3.05) is 11.8 Å². The third-order valence-electron chi connectivity index (χ3n) is 4.74. The average molecular weight is 369 g/mol. The maximum absolute atomic E-state index is 12.1. The normalized spacial score (nSPS) is 25.6. The Labute approximate surface area is 174 Å². The summed E-state index contributed by atoms with van der Waals surface area (Å²) in [5, 5.41) is 2.80. The van der Waals surface area contributed by atoms with Crippen LogP contribution in [0.25, 0.3) is 0 Å². The summed E-state index contributed by atoms with van der Waals surface area (Å²) in [4.78, 5) is 12.9. The molecule has 0 aromatic heterocycles. The fourth-order valence-electron chi connectivity index (χ4n) is 3.43. The van der Waals surface area contributed by atoms with Gasteiger partial charge in [0, 0.05) is 31.5 Å². The summed E-state index contributed by atoms with van der Waals surface area (Å²) in [5.74, 6) is -2.06. The second kappa shape index (κ2) is 9.03. The number of benzene rings is 1. The lowest BCUT2D eigenvalue weighted by atomic mass is 9.90. The minimum atomic E-state index is -3.16. The molecule has 0 saturated heterocycles. The van der Waals surface area contributed by atoms with Crippen LogP contribution in [0, 0.1) is 19.7 Å². The molecule has 1 aromatic carbocycles. The number of nitrogens with one attached hydrogen (secondary N) is 1. The maximum Gasteiger partial charge on any atom is 0.228 e. The Morgan fingerprint density at radius 2 is 2.00 bits per heavy atom. The van der Waals surface area contributed by atoms with E-state index in [4.69, 9.17) is 13.7 Å². The zero-order valence-corrected chi connectivity index (χ0v) is 16.9. The smallest absolute Gasteiger partial charge is 0.228 e. The van der Waals surface area contributed by atoms with E-state index < -0.39 is 43.6 Å². The minimum absolute atomic E-state index is 0.0517. The molecule has 2 rings (SSSR count). The molecule has 1 heterocycles. The van der Waals surface area contributed by atoms with Crippen molar-refractivity contribution in [1.82, 2.24) is 4.90 Å². The van der Waals surface area contributed by atoms with E-state index in [9.17, 15) is 4.79 Å². The number of nitrogens with zero attached hydrogens (tertiary/aromatic N) is 1. The van der Waals surface area contributed by atoms with Gasteiger partial charge in [0.2, 0.25) is 5.91 Å². The second-order valence-electron chi connectivity index (χ2n) is 7.17. The Bertz CT molecular complexity index is 987. The van der Waals surface area contributed by atoms with Crippen LogP contribution in [0.2, 0.25) is 0 Å². The number of aryl methyl sites for hydroxylation is 1. The van der Waals surface area contributed by atoms with Crippen molar-refractivity contribution in [3.05, 3.63) is 28.3 Å². The van der Waals surface area contributed by atoms with Crippen LogP contribution in [0.4, 0.5) is 5.69 Å². The van der Waals surface area contributed by atoms with Gasteiger partial charge in [0.25, 0.3) is 0 Å². The average Bonchev–Trinajstić information content (AvgIpc) is 3.02. The molecule has 2 atom stereocenters. The molecule has 0 fully saturated rings. The second-order valence-corrected chi connectivity index (χ2v) is 7.17. The zero-order chi connectivity index (χ0) is 28.4. The van der Waals surface area contributed by atoms with Crippen molar-refractivity contribution in [3.63, 3.8) is 0 Å². The van der Waals surface area contributed by atoms with E-state index in [1.807, 2.05) is 19.9 Å². The number of anilines is 1. The van der Waals surface area contributed by atoms with Gasteiger partial charge in [-0.1, -0.05) is 27.1 Å². The van der Waals surface area contributed by atoms with Crippen LogP contribution in [0.15, 0.2) is 6.07 Å². The molecule has 0 aliphatic carbocycles. The fraction of sp³-hybridized carbons (Fsp3) is 0.696. The first-order chi connectivity index (χ1) is 15.8. The van der Waals surface area contributed by atoms with Gasteiger partial charge in [-0.05, 0) is 87.6 Å². The summed E-state index contributed by atoms with van der Waals surface area (Å²) in [7, 11) is 0. The Balaban J connectivity index is 2.77. The Hall–Kier alpha value is -1.35. The van der Waals surface area contributed by atoms with Gasteiger partial charge >= 0.3 is 0 Å². The Kier molecular flexibility index (Phi) is 3.77. The number of hydrogen-bond acceptors (Lipinski definition) is 2. The fourth-order valence-corrected chi connectivity index (χ4v) is 3.43. The van der Waals surface area contributed by atoms with Crippen molar-refractivity contribution < 1.29 is 18.5 Å². The molecule has 2 unspecified atom stereocenters. The third-order valence-corrected chi connectivity index (χ3v) is 4.74. The van der Waals surface area contributed by atoms with E-state index in [-0.39, 0.29) is 18.7 Å². The predicted octanol–water partition coefficient (Wildman–Crippen LogP) is 5.27. The number of carbonyl (C=O) groups is 1. The molecule has 1 aliphatic heterocycles. The molecule has 1 N–H and O–H groups in total. The number of rotatable bonds is 9. The lowest BCUT2D eigenvalue weighted by Gasteiger charge is -2.36. The highest BCUT2D eigenvalue weighted by Crippen LogP contribution is 2.33. The molecule has 0 spiro atoms. The molecular formula is C23H38N2O. The molecule has 0 radical (unpaired) electrons. The highest BCUT2D eigenvalue weighted by Gasteiger charge is 2.27. The highest BCUT2D eigenvalue weighted by atomic mass is 16.1. The topological polar surface area (TPSA) is 32.3 Å². The molecule has 146 valence electrons. The molecule has 26 heavy (non-hydrogen) atoms. The van der Waals surface area contributed by atoms with Crippen molar-refractivity contribution in [2.45, 2.75) is 92.5 Å². The highest BCUT2D eigenvalue weighted by molar-refractivity contribution is 6.00. The molecule has 0 bridgehead atoms. The van der Waals surface area contributed by atoms with Gasteiger partial charge in [0.1, 0.15) is 0 Å². The van der Waals surface area contributed by atoms with Gasteiger partial charge in [0.05, 0.1) is 6.42 Å². The summed E-state index contributed by atoms with van der Waals surface area (Å²) in [6.45, 7) is 6.65. The van der Waals surface area contributed by atoms with Crippen LogP contribution in [-0.4, -0.2) is 29.4 Å². The first-order valence-electron chi connectivity index (χ1n) is 14.0. The minimum Gasteiger partial charge on any atom is -0.326 e. The summed E-state index contributed by atoms with van der Waals surface area (Å²) >= 11 is 0. The lowest BCUT2D eigenvalue weighted by molar-refractivity contribution is -0.115. The van der Waals surface area contributed by atoms with Gasteiger partial charge in [-0.3, -0.25) is 9.69 Å². The van der Waals surface area contributed by atoms with E-state index in [1.54, 1.807) is 0 Å². The first-order valence-corrected chi connectivity index (χ1v) is 9.03. The molecule has 1 aromatic rings. The number of hydrogen-bond donors (Lipinski definition) is 1. The van der Waals surface area contributed by atoms with Crippen LogP contribution < -0.4 is 5.32 Å². The van der Waals surface area contributed by atoms with E-state index in [2.05, 4.69) is 5.32 Å². The summed E-state index contributed by atoms with van der Waals surface area (Å²) < 4.78 is 85.3. The van der Waals surface area contributed by atoms with Crippen LogP contribution in [0.3, 0.4) is 0 Å². The molecule has 0 saturated carbocycles. The van der Waals surface area contributed by atoms with E-state index >= 15 is 0 Å². The largest absolute Gasteiger partial charge is 0.326 e. The van der Waals surface area contributed by atoms with Gasteiger partial charge < -0.3 is 5.32 Å². The Morgan fingerprint density at radius 1 is 1.31 bits per heavy atom. The molecular weight excluding hydrogens is 320 g/mol. The molecule has 1 aliphatic rings. The molecule has 3 heteroatoms. The van der Waals surface area contributed by atoms with Crippen LogP contribution in [-0.2, 0) is 17.6 Å². The van der Waals surface area contributed by atoms with E-state index in [0.717, 1.165) is 41.0 Å².